The molecule has 0 aliphatic heterocycles. The number of hydrogen-bond acceptors (Lipinski definition) is 6. The first-order valence-electron chi connectivity index (χ1n) is 6.55. The molecule has 8 heteroatoms. The van der Waals surface area contributed by atoms with Crippen LogP contribution in [0.4, 0.5) is 5.69 Å². The van der Waals surface area contributed by atoms with Gasteiger partial charge in [0.15, 0.2) is 11.6 Å². The van der Waals surface area contributed by atoms with Crippen LogP contribution in [-0.4, -0.2) is 21.7 Å². The molecule has 1 aromatic carbocycles. The van der Waals surface area contributed by atoms with E-state index in [4.69, 9.17) is 23.1 Å². The molecule has 3 rings (SSSR count). The zero-order valence-corrected chi connectivity index (χ0v) is 13.5. The molecule has 0 bridgehead atoms. The molecule has 0 spiro atoms. The molecule has 0 saturated heterocycles. The summed E-state index contributed by atoms with van der Waals surface area (Å²) < 4.78 is 0. The first-order chi connectivity index (χ1) is 10.9. The van der Waals surface area contributed by atoms with Crippen molar-refractivity contribution < 1.29 is 9.59 Å². The number of ketones is 1. The van der Waals surface area contributed by atoms with Gasteiger partial charge in [-0.3, -0.25) is 9.59 Å². The fraction of sp³-hybridized carbons (Fsp3) is 0.0667. The van der Waals surface area contributed by atoms with Crippen LogP contribution in [-0.2, 0) is 0 Å². The Balaban J connectivity index is 2.42. The third kappa shape index (κ3) is 2.64. The number of rotatable bonds is 3. The van der Waals surface area contributed by atoms with Gasteiger partial charge in [-0.05, 0) is 12.1 Å². The summed E-state index contributed by atoms with van der Waals surface area (Å²) in [6.45, 7) is 1.37. The molecule has 6 nitrogen and oxygen atoms in total. The molecule has 2 heterocycles. The molecule has 2 aromatic heterocycles. The van der Waals surface area contributed by atoms with Crippen LogP contribution in [0.2, 0.25) is 5.02 Å². The average molecular weight is 347 g/mol. The maximum atomic E-state index is 11.7. The first kappa shape index (κ1) is 15.4. The lowest BCUT2D eigenvalue weighted by Gasteiger charge is -2.06. The Morgan fingerprint density at radius 3 is 2.61 bits per heavy atom. The zero-order chi connectivity index (χ0) is 16.7. The highest BCUT2D eigenvalue weighted by atomic mass is 35.5. The molecule has 0 fully saturated rings. The normalized spacial score (nSPS) is 10.9. The number of carbonyl (C=O) groups is 2. The van der Waals surface area contributed by atoms with Gasteiger partial charge in [-0.2, -0.15) is 0 Å². The van der Waals surface area contributed by atoms with E-state index < -0.39 is 5.91 Å². The minimum Gasteiger partial charge on any atom is -0.397 e. The highest BCUT2D eigenvalue weighted by molar-refractivity contribution is 7.21. The second kappa shape index (κ2) is 5.60. The van der Waals surface area contributed by atoms with Gasteiger partial charge in [-0.1, -0.05) is 23.7 Å². The lowest BCUT2D eigenvalue weighted by Crippen LogP contribution is -2.10. The minimum absolute atomic E-state index is 0.0461. The van der Waals surface area contributed by atoms with Gasteiger partial charge in [-0.15, -0.1) is 11.3 Å². The number of thiophene rings is 1. The lowest BCUT2D eigenvalue weighted by atomic mass is 10.1. The molecular weight excluding hydrogens is 336 g/mol. The summed E-state index contributed by atoms with van der Waals surface area (Å²) in [5.74, 6) is -0.889. The molecule has 0 unspecified atom stereocenters. The summed E-state index contributed by atoms with van der Waals surface area (Å²) in [6, 6.07) is 6.98. The predicted octanol–water partition coefficient (Wildman–Crippen LogP) is 2.90. The van der Waals surface area contributed by atoms with E-state index in [2.05, 4.69) is 9.97 Å². The van der Waals surface area contributed by atoms with Crippen molar-refractivity contribution in [2.45, 2.75) is 6.92 Å². The molecular formula is C15H11ClN4O2S. The Kier molecular flexibility index (Phi) is 3.75. The van der Waals surface area contributed by atoms with Crippen molar-refractivity contribution in [3.63, 3.8) is 0 Å². The van der Waals surface area contributed by atoms with Crippen molar-refractivity contribution in [3.05, 3.63) is 40.0 Å². The smallest absolute Gasteiger partial charge is 0.260 e. The number of aromatic nitrogens is 2. The summed E-state index contributed by atoms with van der Waals surface area (Å²) in [5.41, 5.74) is 12.7. The molecule has 0 aliphatic rings. The number of nitrogens with two attached hydrogens (primary N) is 2. The van der Waals surface area contributed by atoms with Crippen LogP contribution in [0.15, 0.2) is 24.3 Å². The second-order valence-electron chi connectivity index (χ2n) is 4.85. The number of carbonyl (C=O) groups excluding carboxylic acids is 2. The summed E-state index contributed by atoms with van der Waals surface area (Å²) in [7, 11) is 0. The maximum absolute atomic E-state index is 11.7. The van der Waals surface area contributed by atoms with E-state index in [9.17, 15) is 9.59 Å². The zero-order valence-electron chi connectivity index (χ0n) is 12.0. The summed E-state index contributed by atoms with van der Waals surface area (Å²) in [6.07, 6.45) is 0. The quantitative estimate of drug-likeness (QED) is 0.708. The van der Waals surface area contributed by atoms with Crippen LogP contribution in [0.25, 0.3) is 21.5 Å². The van der Waals surface area contributed by atoms with Crippen molar-refractivity contribution in [1.82, 2.24) is 9.97 Å². The number of benzene rings is 1. The van der Waals surface area contributed by atoms with E-state index in [1.165, 1.54) is 6.92 Å². The monoisotopic (exact) mass is 346 g/mol. The fourth-order valence-electron chi connectivity index (χ4n) is 2.21. The van der Waals surface area contributed by atoms with Gasteiger partial charge in [0.05, 0.1) is 16.8 Å². The lowest BCUT2D eigenvalue weighted by molar-refractivity contribution is 0.0996. The molecule has 3 aromatic rings. The first-order valence-corrected chi connectivity index (χ1v) is 7.74. The average Bonchev–Trinajstić information content (AvgIpc) is 2.84. The van der Waals surface area contributed by atoms with E-state index in [0.29, 0.717) is 26.5 Å². The number of hydrogen-bond donors (Lipinski definition) is 2. The molecule has 116 valence electrons. The molecule has 0 radical (unpaired) electrons. The van der Waals surface area contributed by atoms with E-state index in [0.717, 1.165) is 11.3 Å². The summed E-state index contributed by atoms with van der Waals surface area (Å²) in [4.78, 5) is 32.3. The molecule has 0 aliphatic carbocycles. The molecule has 1 amide bonds. The third-order valence-corrected chi connectivity index (χ3v) is 4.57. The van der Waals surface area contributed by atoms with Crippen molar-refractivity contribution in [3.8, 4) is 11.3 Å². The maximum Gasteiger partial charge on any atom is 0.260 e. The fourth-order valence-corrected chi connectivity index (χ4v) is 3.34. The van der Waals surface area contributed by atoms with Gasteiger partial charge in [0.2, 0.25) is 0 Å². The van der Waals surface area contributed by atoms with Crippen LogP contribution in [0.3, 0.4) is 0 Å². The van der Waals surface area contributed by atoms with Gasteiger partial charge in [-0.25, -0.2) is 9.97 Å². The van der Waals surface area contributed by atoms with Gasteiger partial charge < -0.3 is 11.5 Å². The van der Waals surface area contributed by atoms with Gasteiger partial charge >= 0.3 is 0 Å². The van der Waals surface area contributed by atoms with Crippen LogP contribution in [0, 0.1) is 0 Å². The largest absolute Gasteiger partial charge is 0.397 e. The number of halogens is 1. The van der Waals surface area contributed by atoms with E-state index in [1.54, 1.807) is 24.3 Å². The van der Waals surface area contributed by atoms with Crippen molar-refractivity contribution in [2.24, 2.45) is 5.73 Å². The molecule has 23 heavy (non-hydrogen) atoms. The van der Waals surface area contributed by atoms with Crippen molar-refractivity contribution in [1.29, 1.82) is 0 Å². The number of nitrogen functional groups attached to an aromatic ring is 1. The van der Waals surface area contributed by atoms with E-state index >= 15 is 0 Å². The van der Waals surface area contributed by atoms with Gasteiger partial charge in [0.25, 0.3) is 5.91 Å². The third-order valence-electron chi connectivity index (χ3n) is 3.23. The topological polar surface area (TPSA) is 112 Å². The Morgan fingerprint density at radius 1 is 1.26 bits per heavy atom. The van der Waals surface area contributed by atoms with E-state index in [-0.39, 0.29) is 22.2 Å². The second-order valence-corrected chi connectivity index (χ2v) is 6.29. The molecule has 0 saturated carbocycles. The Hall–Kier alpha value is -2.51. The van der Waals surface area contributed by atoms with Crippen molar-refractivity contribution in [2.75, 3.05) is 5.73 Å². The Morgan fingerprint density at radius 2 is 2.00 bits per heavy atom. The van der Waals surface area contributed by atoms with Crippen LogP contribution in [0.5, 0.6) is 0 Å². The van der Waals surface area contributed by atoms with Crippen LogP contribution in [0.1, 0.15) is 27.2 Å². The number of amides is 1. The highest BCUT2D eigenvalue weighted by Crippen LogP contribution is 2.38. The molecule has 0 atom stereocenters. The predicted molar refractivity (Wildman–Crippen MR) is 90.8 cm³/mol. The summed E-state index contributed by atoms with van der Waals surface area (Å²) >= 11 is 7.07. The Bertz CT molecular complexity index is 968. The number of fused-ring (bicyclic) bond motifs is 1. The SMILES string of the molecule is CC(=O)c1nc(-c2cccc(Cl)c2)c2c(N)c(C(N)=O)sc2n1. The van der Waals surface area contributed by atoms with Crippen LogP contribution < -0.4 is 11.5 Å². The van der Waals surface area contributed by atoms with E-state index in [1.807, 2.05) is 0 Å². The summed E-state index contributed by atoms with van der Waals surface area (Å²) in [5, 5.41) is 1.01. The van der Waals surface area contributed by atoms with Gasteiger partial charge in [0, 0.05) is 17.5 Å². The standard InChI is InChI=1S/C15H11ClN4O2S/c1-6(21)14-19-11(7-3-2-4-8(16)5-7)9-10(17)12(13(18)22)23-15(9)20-14/h2-5H,17H2,1H3,(H2,18,22). The minimum atomic E-state index is -0.646. The molecule has 4 N–H and O–H groups in total. The Labute approximate surface area is 140 Å². The van der Waals surface area contributed by atoms with Gasteiger partial charge in [0.1, 0.15) is 9.71 Å². The van der Waals surface area contributed by atoms with Crippen LogP contribution >= 0.6 is 22.9 Å². The number of Topliss-reactive ketones (excluding diaryl/α,β-unsaturated/α-hetero) is 1. The number of anilines is 1. The number of nitrogens with zero attached hydrogens (tertiary/aromatic N) is 2. The number of primary amides is 1. The van der Waals surface area contributed by atoms with Crippen molar-refractivity contribution >= 4 is 50.5 Å². The highest BCUT2D eigenvalue weighted by Gasteiger charge is 2.21.